The van der Waals surface area contributed by atoms with Crippen LogP contribution in [0.25, 0.3) is 0 Å². The average molecular weight is 277 g/mol. The van der Waals surface area contributed by atoms with E-state index in [2.05, 4.69) is 10.1 Å². The molecule has 0 aromatic heterocycles. The van der Waals surface area contributed by atoms with Crippen molar-refractivity contribution in [1.82, 2.24) is 5.32 Å². The summed E-state index contributed by atoms with van der Waals surface area (Å²) < 4.78 is 4.58. The number of aliphatic carboxylic acids is 1. The molecule has 1 amide bonds. The topological polar surface area (TPSA) is 92.7 Å². The summed E-state index contributed by atoms with van der Waals surface area (Å²) in [4.78, 5) is 33.6. The number of carbonyl (C=O) groups is 3. The van der Waals surface area contributed by atoms with E-state index in [9.17, 15) is 14.4 Å². The zero-order valence-corrected chi connectivity index (χ0v) is 11.0. The molecule has 2 N–H and O–H groups in total. The van der Waals surface area contributed by atoms with Crippen LogP contribution in [0, 0.1) is 11.8 Å². The fourth-order valence-corrected chi connectivity index (χ4v) is 1.95. The first-order valence-corrected chi connectivity index (χ1v) is 6.20. The molecule has 1 aromatic carbocycles. The zero-order valence-electron chi connectivity index (χ0n) is 11.0. The molecule has 6 nitrogen and oxygen atoms in total. The number of hydrogen-bond donors (Lipinski definition) is 2. The molecule has 6 heteroatoms. The second kappa shape index (κ2) is 5.73. The Bertz CT molecular complexity index is 537. The number of nitrogens with one attached hydrogen (secondary N) is 1. The molecule has 0 heterocycles. The number of esters is 1. The molecule has 1 saturated carbocycles. The van der Waals surface area contributed by atoms with Crippen LogP contribution in [0.15, 0.2) is 24.3 Å². The number of carboxylic acids is 1. The van der Waals surface area contributed by atoms with E-state index in [-0.39, 0.29) is 5.91 Å². The third-order valence-electron chi connectivity index (χ3n) is 3.29. The van der Waals surface area contributed by atoms with Gasteiger partial charge in [-0.15, -0.1) is 0 Å². The van der Waals surface area contributed by atoms with Crippen LogP contribution < -0.4 is 5.32 Å². The van der Waals surface area contributed by atoms with E-state index < -0.39 is 23.8 Å². The van der Waals surface area contributed by atoms with Crippen molar-refractivity contribution in [3.05, 3.63) is 35.4 Å². The number of ether oxygens (including phenoxy) is 1. The summed E-state index contributed by atoms with van der Waals surface area (Å²) in [6, 6.07) is 6.66. The van der Waals surface area contributed by atoms with Gasteiger partial charge in [-0.2, -0.15) is 0 Å². The van der Waals surface area contributed by atoms with E-state index in [1.807, 2.05) is 0 Å². The molecule has 2 atom stereocenters. The van der Waals surface area contributed by atoms with Crippen LogP contribution in [0.3, 0.4) is 0 Å². The number of benzene rings is 1. The Hall–Kier alpha value is -2.37. The lowest BCUT2D eigenvalue weighted by atomic mass is 10.1. The monoisotopic (exact) mass is 277 g/mol. The van der Waals surface area contributed by atoms with Crippen molar-refractivity contribution in [2.24, 2.45) is 11.8 Å². The van der Waals surface area contributed by atoms with Gasteiger partial charge in [-0.05, 0) is 24.1 Å². The van der Waals surface area contributed by atoms with E-state index >= 15 is 0 Å². The van der Waals surface area contributed by atoms with Gasteiger partial charge < -0.3 is 15.2 Å². The van der Waals surface area contributed by atoms with Crippen LogP contribution in [0.4, 0.5) is 0 Å². The number of carbonyl (C=O) groups excluding carboxylic acids is 2. The third kappa shape index (κ3) is 3.14. The highest BCUT2D eigenvalue weighted by Crippen LogP contribution is 2.38. The van der Waals surface area contributed by atoms with Crippen LogP contribution in [-0.4, -0.2) is 30.1 Å². The lowest BCUT2D eigenvalue weighted by molar-refractivity contribution is -0.140. The second-order valence-corrected chi connectivity index (χ2v) is 4.69. The smallest absolute Gasteiger partial charge is 0.337 e. The van der Waals surface area contributed by atoms with Gasteiger partial charge in [0.2, 0.25) is 5.91 Å². The van der Waals surface area contributed by atoms with E-state index in [4.69, 9.17) is 5.11 Å². The first-order valence-electron chi connectivity index (χ1n) is 6.20. The number of rotatable bonds is 5. The van der Waals surface area contributed by atoms with Crippen LogP contribution in [0.1, 0.15) is 22.3 Å². The lowest BCUT2D eigenvalue weighted by Gasteiger charge is -2.05. The van der Waals surface area contributed by atoms with Gasteiger partial charge in [-0.1, -0.05) is 12.1 Å². The maximum absolute atomic E-state index is 11.7. The summed E-state index contributed by atoms with van der Waals surface area (Å²) in [6.45, 7) is 0.309. The van der Waals surface area contributed by atoms with Gasteiger partial charge in [0, 0.05) is 6.54 Å². The Morgan fingerprint density at radius 2 is 1.90 bits per heavy atom. The highest BCUT2D eigenvalue weighted by molar-refractivity contribution is 5.90. The van der Waals surface area contributed by atoms with Crippen molar-refractivity contribution in [2.75, 3.05) is 7.11 Å². The summed E-state index contributed by atoms with van der Waals surface area (Å²) in [5, 5.41) is 11.4. The number of carboxylic acid groups (broad SMARTS) is 1. The highest BCUT2D eigenvalue weighted by atomic mass is 16.5. The Balaban J connectivity index is 1.84. The molecule has 20 heavy (non-hydrogen) atoms. The van der Waals surface area contributed by atoms with Gasteiger partial charge in [0.1, 0.15) is 0 Å². The maximum Gasteiger partial charge on any atom is 0.337 e. The molecule has 1 aliphatic rings. The largest absolute Gasteiger partial charge is 0.481 e. The maximum atomic E-state index is 11.7. The van der Waals surface area contributed by atoms with Gasteiger partial charge in [0.05, 0.1) is 24.5 Å². The molecular weight excluding hydrogens is 262 g/mol. The minimum absolute atomic E-state index is 0.241. The fourth-order valence-electron chi connectivity index (χ4n) is 1.95. The second-order valence-electron chi connectivity index (χ2n) is 4.69. The Morgan fingerprint density at radius 1 is 1.25 bits per heavy atom. The Morgan fingerprint density at radius 3 is 2.40 bits per heavy atom. The van der Waals surface area contributed by atoms with Gasteiger partial charge in [-0.25, -0.2) is 4.79 Å². The molecule has 0 spiro atoms. The standard InChI is InChI=1S/C14H15NO5/c1-20-14(19)9-4-2-8(3-5-9)7-15-12(16)10-6-11(10)13(17)18/h2-5,10-11H,6-7H2,1H3,(H,15,16)(H,17,18)/t10-,11+/m1/s1. The van der Waals surface area contributed by atoms with Gasteiger partial charge >= 0.3 is 11.9 Å². The van der Waals surface area contributed by atoms with Crippen molar-refractivity contribution in [3.8, 4) is 0 Å². The van der Waals surface area contributed by atoms with Crippen molar-refractivity contribution in [2.45, 2.75) is 13.0 Å². The third-order valence-corrected chi connectivity index (χ3v) is 3.29. The van der Waals surface area contributed by atoms with Gasteiger partial charge in [-0.3, -0.25) is 9.59 Å². The van der Waals surface area contributed by atoms with Crippen molar-refractivity contribution < 1.29 is 24.2 Å². The molecule has 2 rings (SSSR count). The Labute approximate surface area is 115 Å². The first kappa shape index (κ1) is 14.0. The number of hydrogen-bond acceptors (Lipinski definition) is 4. The quantitative estimate of drug-likeness (QED) is 0.777. The summed E-state index contributed by atoms with van der Waals surface area (Å²) in [5.41, 5.74) is 1.27. The highest BCUT2D eigenvalue weighted by Gasteiger charge is 2.48. The minimum atomic E-state index is -0.924. The van der Waals surface area contributed by atoms with Crippen LogP contribution in [0.2, 0.25) is 0 Å². The van der Waals surface area contributed by atoms with E-state index in [1.165, 1.54) is 7.11 Å². The number of methoxy groups -OCH3 is 1. The normalized spacial score (nSPS) is 20.1. The molecule has 1 aromatic rings. The van der Waals surface area contributed by atoms with E-state index in [0.29, 0.717) is 18.5 Å². The summed E-state index contributed by atoms with van der Waals surface area (Å²) in [7, 11) is 1.31. The van der Waals surface area contributed by atoms with Crippen LogP contribution in [0.5, 0.6) is 0 Å². The molecule has 1 aliphatic carbocycles. The molecular formula is C14H15NO5. The fraction of sp³-hybridized carbons (Fsp3) is 0.357. The van der Waals surface area contributed by atoms with Gasteiger partial charge in [0.15, 0.2) is 0 Å². The van der Waals surface area contributed by atoms with E-state index in [1.54, 1.807) is 24.3 Å². The predicted molar refractivity (Wildman–Crippen MR) is 68.9 cm³/mol. The molecule has 0 bridgehead atoms. The van der Waals surface area contributed by atoms with Crippen molar-refractivity contribution in [3.63, 3.8) is 0 Å². The van der Waals surface area contributed by atoms with Gasteiger partial charge in [0.25, 0.3) is 0 Å². The van der Waals surface area contributed by atoms with Crippen LogP contribution in [-0.2, 0) is 20.9 Å². The lowest BCUT2D eigenvalue weighted by Crippen LogP contribution is -2.25. The average Bonchev–Trinajstić information content (AvgIpc) is 3.25. The summed E-state index contributed by atoms with van der Waals surface area (Å²) in [5.74, 6) is -2.54. The SMILES string of the molecule is COC(=O)c1ccc(CNC(=O)[C@@H]2C[C@@H]2C(=O)O)cc1. The summed E-state index contributed by atoms with van der Waals surface area (Å²) >= 11 is 0. The molecule has 0 saturated heterocycles. The van der Waals surface area contributed by atoms with Crippen LogP contribution >= 0.6 is 0 Å². The van der Waals surface area contributed by atoms with E-state index in [0.717, 1.165) is 5.56 Å². The van der Waals surface area contributed by atoms with Crippen molar-refractivity contribution >= 4 is 17.8 Å². The molecule has 106 valence electrons. The first-order chi connectivity index (χ1) is 9.52. The molecule has 0 radical (unpaired) electrons. The predicted octanol–water partition coefficient (Wildman–Crippen LogP) is 0.810. The minimum Gasteiger partial charge on any atom is -0.481 e. The molecule has 0 unspecified atom stereocenters. The Kier molecular flexibility index (Phi) is 4.02. The van der Waals surface area contributed by atoms with Crippen molar-refractivity contribution in [1.29, 1.82) is 0 Å². The number of amides is 1. The zero-order chi connectivity index (χ0) is 14.7. The molecule has 1 fully saturated rings. The summed E-state index contributed by atoms with van der Waals surface area (Å²) in [6.07, 6.45) is 0.405. The molecule has 0 aliphatic heterocycles.